The Morgan fingerprint density at radius 3 is 1.60 bits per heavy atom. The first-order chi connectivity index (χ1) is 22.2. The number of amides is 7. The highest BCUT2D eigenvalue weighted by Crippen LogP contribution is 2.07. The zero-order valence-electron chi connectivity index (χ0n) is 26.4. The van der Waals surface area contributed by atoms with Crippen LogP contribution in [0.15, 0.2) is 0 Å². The van der Waals surface area contributed by atoms with Crippen LogP contribution in [0.3, 0.4) is 0 Å². The van der Waals surface area contributed by atoms with Crippen molar-refractivity contribution in [3.8, 4) is 0 Å². The van der Waals surface area contributed by atoms with E-state index in [1.54, 1.807) is 13.8 Å². The number of carboxylic acids is 2. The highest BCUT2D eigenvalue weighted by molar-refractivity contribution is 5.98. The van der Waals surface area contributed by atoms with Gasteiger partial charge in [-0.25, -0.2) is 4.79 Å². The van der Waals surface area contributed by atoms with Crippen LogP contribution in [0.2, 0.25) is 0 Å². The monoisotopic (exact) mass is 692 g/mol. The van der Waals surface area contributed by atoms with Crippen molar-refractivity contribution in [1.82, 2.24) is 31.9 Å². The molecule has 22 nitrogen and oxygen atoms in total. The van der Waals surface area contributed by atoms with Gasteiger partial charge in [0.1, 0.15) is 30.2 Å². The number of primary amides is 1. The molecule has 7 atom stereocenters. The van der Waals surface area contributed by atoms with Gasteiger partial charge >= 0.3 is 11.9 Å². The summed E-state index contributed by atoms with van der Waals surface area (Å²) in [5.41, 5.74) is 10.6. The average molecular weight is 693 g/mol. The van der Waals surface area contributed by atoms with Crippen LogP contribution < -0.4 is 43.4 Å². The molecule has 0 aliphatic rings. The molecule has 0 aliphatic heterocycles. The van der Waals surface area contributed by atoms with Gasteiger partial charge in [0.15, 0.2) is 0 Å². The van der Waals surface area contributed by atoms with Crippen molar-refractivity contribution in [2.24, 2.45) is 17.4 Å². The standard InChI is InChI=1S/C26H44N8O14/c1-10(2)4-13(22(43)33-16(9-36)26(47)48)31-23(44)14(6-17(28)38)32-25(46)20(11(3)37)34-24(45)15(8-35)30-18(39)7-29-21(42)12(27)5-19(40)41/h10-16,20,35-37H,4-9,27H2,1-3H3,(H2,28,38)(H,29,42)(H,30,39)(H,31,44)(H,32,46)(H,33,43)(H,34,45)(H,40,41)(H,47,48)/t11-,12+,13+,14+,15+,16+,20+/m1/s1. The fourth-order valence-electron chi connectivity index (χ4n) is 3.78. The lowest BCUT2D eigenvalue weighted by Gasteiger charge is -2.27. The summed E-state index contributed by atoms with van der Waals surface area (Å²) in [6.07, 6.45) is -3.29. The minimum absolute atomic E-state index is 0.0496. The minimum Gasteiger partial charge on any atom is -0.481 e. The Balaban J connectivity index is 5.72. The normalized spacial score (nSPS) is 15.2. The first-order valence-electron chi connectivity index (χ1n) is 14.4. The van der Waals surface area contributed by atoms with E-state index in [-0.39, 0.29) is 12.3 Å². The van der Waals surface area contributed by atoms with Gasteiger partial charge in [-0.15, -0.1) is 0 Å². The molecule has 0 saturated heterocycles. The van der Waals surface area contributed by atoms with Gasteiger partial charge < -0.3 is 68.9 Å². The molecule has 48 heavy (non-hydrogen) atoms. The van der Waals surface area contributed by atoms with E-state index >= 15 is 0 Å². The number of aliphatic carboxylic acids is 2. The second-order valence-electron chi connectivity index (χ2n) is 11.0. The Kier molecular flexibility index (Phi) is 18.9. The molecule has 0 unspecified atom stereocenters. The predicted molar refractivity (Wildman–Crippen MR) is 160 cm³/mol. The maximum Gasteiger partial charge on any atom is 0.328 e. The molecule has 7 amide bonds. The van der Waals surface area contributed by atoms with E-state index < -0.39 is 128 Å². The maximum absolute atomic E-state index is 13.1. The molecule has 0 bridgehead atoms. The molecule has 0 radical (unpaired) electrons. The van der Waals surface area contributed by atoms with E-state index in [0.29, 0.717) is 0 Å². The molecule has 272 valence electrons. The van der Waals surface area contributed by atoms with Crippen molar-refractivity contribution >= 4 is 53.3 Å². The number of hydrogen-bond donors (Lipinski definition) is 13. The van der Waals surface area contributed by atoms with Gasteiger partial charge in [0.2, 0.25) is 41.4 Å². The lowest BCUT2D eigenvalue weighted by Crippen LogP contribution is -2.62. The topological polar surface area (TPSA) is 379 Å². The second kappa shape index (κ2) is 21.0. The summed E-state index contributed by atoms with van der Waals surface area (Å²) in [7, 11) is 0. The van der Waals surface area contributed by atoms with Crippen LogP contribution in [0.1, 0.15) is 40.0 Å². The smallest absolute Gasteiger partial charge is 0.328 e. The quantitative estimate of drug-likeness (QED) is 0.0501. The van der Waals surface area contributed by atoms with Crippen molar-refractivity contribution in [3.63, 3.8) is 0 Å². The Morgan fingerprint density at radius 2 is 1.15 bits per heavy atom. The average Bonchev–Trinajstić information content (AvgIpc) is 2.97. The maximum atomic E-state index is 13.1. The van der Waals surface area contributed by atoms with E-state index in [4.69, 9.17) is 21.7 Å². The van der Waals surface area contributed by atoms with Crippen LogP contribution in [0, 0.1) is 5.92 Å². The fourth-order valence-corrected chi connectivity index (χ4v) is 3.78. The lowest BCUT2D eigenvalue weighted by atomic mass is 10.0. The van der Waals surface area contributed by atoms with Gasteiger partial charge in [0, 0.05) is 0 Å². The van der Waals surface area contributed by atoms with Crippen molar-refractivity contribution in [2.45, 2.75) is 82.4 Å². The number of nitrogens with two attached hydrogens (primary N) is 2. The van der Waals surface area contributed by atoms with Crippen molar-refractivity contribution < 1.29 is 68.7 Å². The van der Waals surface area contributed by atoms with Crippen LogP contribution in [-0.4, -0.2) is 141 Å². The molecule has 0 rings (SSSR count). The number of hydrogen-bond acceptors (Lipinski definition) is 13. The highest BCUT2D eigenvalue weighted by Gasteiger charge is 2.35. The third kappa shape index (κ3) is 16.1. The second-order valence-corrected chi connectivity index (χ2v) is 11.0. The SMILES string of the molecule is CC(C)C[C@H](NC(=O)[C@H](CC(N)=O)NC(=O)[C@@H](NC(=O)[C@H](CO)NC(=O)CNC(=O)[C@@H](N)CC(=O)O)[C@@H](C)O)C(=O)N[C@@H](CO)C(=O)O. The van der Waals surface area contributed by atoms with E-state index in [0.717, 1.165) is 6.92 Å². The lowest BCUT2D eigenvalue weighted by molar-refractivity contribution is -0.143. The van der Waals surface area contributed by atoms with Crippen molar-refractivity contribution in [1.29, 1.82) is 0 Å². The van der Waals surface area contributed by atoms with Gasteiger partial charge in [-0.2, -0.15) is 0 Å². The molecule has 0 aromatic rings. The molecule has 0 heterocycles. The van der Waals surface area contributed by atoms with Crippen molar-refractivity contribution in [3.05, 3.63) is 0 Å². The molecular weight excluding hydrogens is 648 g/mol. The fraction of sp³-hybridized carbons (Fsp3) is 0.654. The largest absolute Gasteiger partial charge is 0.481 e. The molecular formula is C26H44N8O14. The highest BCUT2D eigenvalue weighted by atomic mass is 16.4. The Labute approximate surface area is 273 Å². The van der Waals surface area contributed by atoms with Gasteiger partial charge in [-0.1, -0.05) is 13.8 Å². The molecule has 15 N–H and O–H groups in total. The number of aliphatic hydroxyl groups is 3. The molecule has 0 aromatic carbocycles. The summed E-state index contributed by atoms with van der Waals surface area (Å²) in [6.45, 7) is 1.61. The molecule has 0 aromatic heterocycles. The van der Waals surface area contributed by atoms with E-state index in [9.17, 15) is 58.5 Å². The van der Waals surface area contributed by atoms with Gasteiger partial charge in [-0.05, 0) is 19.3 Å². The van der Waals surface area contributed by atoms with E-state index in [1.807, 2.05) is 16.0 Å². The number of nitrogens with one attached hydrogen (secondary N) is 6. The van der Waals surface area contributed by atoms with Crippen LogP contribution in [0.4, 0.5) is 0 Å². The summed E-state index contributed by atoms with van der Waals surface area (Å²) in [6, 6.07) is -9.98. The van der Waals surface area contributed by atoms with Crippen LogP contribution in [-0.2, 0) is 43.2 Å². The Hall–Kier alpha value is -4.93. The first-order valence-corrected chi connectivity index (χ1v) is 14.4. The third-order valence-electron chi connectivity index (χ3n) is 6.23. The van der Waals surface area contributed by atoms with Gasteiger partial charge in [0.05, 0.1) is 44.7 Å². The first kappa shape index (κ1) is 43.1. The van der Waals surface area contributed by atoms with Crippen LogP contribution >= 0.6 is 0 Å². The predicted octanol–water partition coefficient (Wildman–Crippen LogP) is -7.30. The summed E-state index contributed by atoms with van der Waals surface area (Å²) in [4.78, 5) is 109. The summed E-state index contributed by atoms with van der Waals surface area (Å²) < 4.78 is 0. The summed E-state index contributed by atoms with van der Waals surface area (Å²) in [5, 5.41) is 59.4. The molecule has 0 aliphatic carbocycles. The molecule has 0 spiro atoms. The summed E-state index contributed by atoms with van der Waals surface area (Å²) in [5.74, 6) is -10.9. The summed E-state index contributed by atoms with van der Waals surface area (Å²) >= 11 is 0. The molecule has 22 heteroatoms. The van der Waals surface area contributed by atoms with E-state index in [2.05, 4.69) is 16.0 Å². The van der Waals surface area contributed by atoms with E-state index in [1.165, 1.54) is 0 Å². The third-order valence-corrected chi connectivity index (χ3v) is 6.23. The van der Waals surface area contributed by atoms with Crippen LogP contribution in [0.5, 0.6) is 0 Å². The van der Waals surface area contributed by atoms with Crippen LogP contribution in [0.25, 0.3) is 0 Å². The zero-order valence-corrected chi connectivity index (χ0v) is 26.4. The Morgan fingerprint density at radius 1 is 0.646 bits per heavy atom. The number of carboxylic acid groups (broad SMARTS) is 2. The van der Waals surface area contributed by atoms with Crippen molar-refractivity contribution in [2.75, 3.05) is 19.8 Å². The van der Waals surface area contributed by atoms with Gasteiger partial charge in [-0.3, -0.25) is 38.4 Å². The zero-order chi connectivity index (χ0) is 37.3. The molecule has 0 saturated carbocycles. The minimum atomic E-state index is -1.86. The molecule has 0 fully saturated rings. The van der Waals surface area contributed by atoms with Gasteiger partial charge in [0.25, 0.3) is 0 Å². The number of carbonyl (C=O) groups excluding carboxylic acids is 7. The number of aliphatic hydroxyl groups excluding tert-OH is 3. The Bertz CT molecular complexity index is 1200. The number of carbonyl (C=O) groups is 9. The number of rotatable bonds is 22.